The Morgan fingerprint density at radius 3 is 2.80 bits per heavy atom. The third-order valence-electron chi connectivity index (χ3n) is 2.34. The number of unbranched alkanes of at least 4 members (excludes halogenated alkanes) is 1. The summed E-state index contributed by atoms with van der Waals surface area (Å²) in [4.78, 5) is 12.2. The average molecular weight is 222 g/mol. The molecule has 6 heteroatoms. The van der Waals surface area contributed by atoms with Crippen LogP contribution in [0.5, 0.6) is 0 Å². The van der Waals surface area contributed by atoms with E-state index in [1.165, 1.54) is 0 Å². The van der Waals surface area contributed by atoms with E-state index in [1.807, 2.05) is 6.92 Å². The molecule has 0 bridgehead atoms. The van der Waals surface area contributed by atoms with Gasteiger partial charge in [0.2, 0.25) is 0 Å². The van der Waals surface area contributed by atoms with Gasteiger partial charge in [0.05, 0.1) is 19.2 Å². The van der Waals surface area contributed by atoms with Crippen molar-refractivity contribution in [2.75, 3.05) is 19.7 Å². The van der Waals surface area contributed by atoms with E-state index in [4.69, 9.17) is 10.5 Å². The Kier molecular flexibility index (Phi) is 3.84. The summed E-state index contributed by atoms with van der Waals surface area (Å²) < 4.78 is 30.7. The van der Waals surface area contributed by atoms with Crippen LogP contribution in [-0.4, -0.2) is 42.7 Å². The van der Waals surface area contributed by atoms with Gasteiger partial charge in [-0.2, -0.15) is 0 Å². The van der Waals surface area contributed by atoms with E-state index >= 15 is 0 Å². The zero-order chi connectivity index (χ0) is 11.5. The van der Waals surface area contributed by atoms with Crippen molar-refractivity contribution < 1.29 is 18.3 Å². The van der Waals surface area contributed by atoms with E-state index in [0.717, 1.165) is 17.7 Å². The summed E-state index contributed by atoms with van der Waals surface area (Å²) in [6.07, 6.45) is 0.932. The van der Waals surface area contributed by atoms with Gasteiger partial charge in [-0.15, -0.1) is 0 Å². The molecule has 0 radical (unpaired) electrons. The molecule has 1 fully saturated rings. The third-order valence-corrected chi connectivity index (χ3v) is 2.34. The fourth-order valence-corrected chi connectivity index (χ4v) is 1.34. The lowest BCUT2D eigenvalue weighted by molar-refractivity contribution is -0.00157. The lowest BCUT2D eigenvalue weighted by Gasteiger charge is -2.15. The molecule has 1 heterocycles. The SMILES string of the molecule is CCCCOC(=O)N1CC(N)C(F)(F)C1. The molecule has 0 saturated carbocycles. The summed E-state index contributed by atoms with van der Waals surface area (Å²) >= 11 is 0. The minimum atomic E-state index is -3.00. The van der Waals surface area contributed by atoms with E-state index in [0.29, 0.717) is 0 Å². The van der Waals surface area contributed by atoms with Crippen molar-refractivity contribution in [3.63, 3.8) is 0 Å². The Labute approximate surface area is 87.4 Å². The number of amides is 1. The van der Waals surface area contributed by atoms with Crippen LogP contribution in [0.4, 0.5) is 13.6 Å². The smallest absolute Gasteiger partial charge is 0.410 e. The second-order valence-electron chi connectivity index (χ2n) is 3.72. The average Bonchev–Trinajstić information content (AvgIpc) is 2.42. The number of likely N-dealkylation sites (tertiary alicyclic amines) is 1. The first-order valence-corrected chi connectivity index (χ1v) is 5.02. The van der Waals surface area contributed by atoms with E-state index < -0.39 is 24.6 Å². The number of hydrogen-bond acceptors (Lipinski definition) is 3. The molecule has 0 aromatic rings. The summed E-state index contributed by atoms with van der Waals surface area (Å²) in [6.45, 7) is 1.44. The summed E-state index contributed by atoms with van der Waals surface area (Å²) in [5, 5.41) is 0. The van der Waals surface area contributed by atoms with E-state index in [9.17, 15) is 13.6 Å². The Bertz CT molecular complexity index is 236. The van der Waals surface area contributed by atoms with Crippen LogP contribution in [0, 0.1) is 0 Å². The molecule has 1 aliphatic heterocycles. The van der Waals surface area contributed by atoms with Gasteiger partial charge in [0.25, 0.3) is 5.92 Å². The van der Waals surface area contributed by atoms with Crippen LogP contribution in [0.1, 0.15) is 19.8 Å². The monoisotopic (exact) mass is 222 g/mol. The van der Waals surface area contributed by atoms with Crippen molar-refractivity contribution in [2.45, 2.75) is 31.7 Å². The van der Waals surface area contributed by atoms with Gasteiger partial charge in [-0.25, -0.2) is 13.6 Å². The predicted molar refractivity (Wildman–Crippen MR) is 50.8 cm³/mol. The molecular weight excluding hydrogens is 206 g/mol. The Hall–Kier alpha value is -0.910. The molecule has 1 unspecified atom stereocenters. The third kappa shape index (κ3) is 3.02. The second-order valence-corrected chi connectivity index (χ2v) is 3.72. The first-order chi connectivity index (χ1) is 6.97. The largest absolute Gasteiger partial charge is 0.449 e. The van der Waals surface area contributed by atoms with E-state index in [-0.39, 0.29) is 13.2 Å². The molecular formula is C9H16F2N2O2. The number of rotatable bonds is 3. The summed E-state index contributed by atoms with van der Waals surface area (Å²) in [5.74, 6) is -3.00. The van der Waals surface area contributed by atoms with Crippen molar-refractivity contribution in [3.8, 4) is 0 Å². The first kappa shape index (κ1) is 12.2. The molecule has 1 saturated heterocycles. The summed E-state index contributed by atoms with van der Waals surface area (Å²) in [7, 11) is 0. The Balaban J connectivity index is 2.36. The molecule has 0 aromatic carbocycles. The van der Waals surface area contributed by atoms with Crippen LogP contribution in [-0.2, 0) is 4.74 Å². The number of carbonyl (C=O) groups excluding carboxylic acids is 1. The topological polar surface area (TPSA) is 55.6 Å². The van der Waals surface area contributed by atoms with Crippen molar-refractivity contribution >= 4 is 6.09 Å². The molecule has 0 aromatic heterocycles. The standard InChI is InChI=1S/C9H16F2N2O2/c1-2-3-4-15-8(14)13-5-7(12)9(10,11)6-13/h7H,2-6,12H2,1H3. The maximum absolute atomic E-state index is 13.0. The van der Waals surface area contributed by atoms with Crippen molar-refractivity contribution in [2.24, 2.45) is 5.73 Å². The quantitative estimate of drug-likeness (QED) is 0.730. The molecule has 0 spiro atoms. The predicted octanol–water partition coefficient (Wildman–Crippen LogP) is 1.20. The van der Waals surface area contributed by atoms with E-state index in [1.54, 1.807) is 0 Å². The highest BCUT2D eigenvalue weighted by atomic mass is 19.3. The van der Waals surface area contributed by atoms with Crippen LogP contribution < -0.4 is 5.73 Å². The molecule has 1 rings (SSSR count). The molecule has 1 atom stereocenters. The number of alkyl halides is 2. The van der Waals surface area contributed by atoms with Gasteiger partial charge in [-0.3, -0.25) is 0 Å². The molecule has 0 aliphatic carbocycles. The van der Waals surface area contributed by atoms with Gasteiger partial charge in [0.1, 0.15) is 0 Å². The van der Waals surface area contributed by atoms with Crippen LogP contribution >= 0.6 is 0 Å². The minimum absolute atomic E-state index is 0.141. The molecule has 1 amide bonds. The summed E-state index contributed by atoms with van der Waals surface area (Å²) in [5.41, 5.74) is 5.20. The highest BCUT2D eigenvalue weighted by Crippen LogP contribution is 2.26. The van der Waals surface area contributed by atoms with E-state index in [2.05, 4.69) is 0 Å². The highest BCUT2D eigenvalue weighted by Gasteiger charge is 2.48. The number of nitrogens with two attached hydrogens (primary N) is 1. The van der Waals surface area contributed by atoms with Gasteiger partial charge in [0, 0.05) is 6.54 Å². The minimum Gasteiger partial charge on any atom is -0.449 e. The molecule has 4 nitrogen and oxygen atoms in total. The van der Waals surface area contributed by atoms with Gasteiger partial charge >= 0.3 is 6.09 Å². The molecule has 15 heavy (non-hydrogen) atoms. The van der Waals surface area contributed by atoms with Crippen LogP contribution in [0.15, 0.2) is 0 Å². The maximum atomic E-state index is 13.0. The van der Waals surface area contributed by atoms with Gasteiger partial charge < -0.3 is 15.4 Å². The fraction of sp³-hybridized carbons (Fsp3) is 0.889. The van der Waals surface area contributed by atoms with Gasteiger partial charge in [0.15, 0.2) is 0 Å². The van der Waals surface area contributed by atoms with Gasteiger partial charge in [-0.1, -0.05) is 13.3 Å². The number of nitrogens with zero attached hydrogens (tertiary/aromatic N) is 1. The number of ether oxygens (including phenoxy) is 1. The number of halogens is 2. The molecule has 88 valence electrons. The van der Waals surface area contributed by atoms with Crippen LogP contribution in [0.2, 0.25) is 0 Å². The maximum Gasteiger partial charge on any atom is 0.410 e. The molecule has 2 N–H and O–H groups in total. The van der Waals surface area contributed by atoms with Crippen LogP contribution in [0.25, 0.3) is 0 Å². The zero-order valence-electron chi connectivity index (χ0n) is 8.71. The Morgan fingerprint density at radius 2 is 2.33 bits per heavy atom. The fourth-order valence-electron chi connectivity index (χ4n) is 1.34. The summed E-state index contributed by atoms with van der Waals surface area (Å²) in [6, 6.07) is -1.28. The highest BCUT2D eigenvalue weighted by molar-refractivity contribution is 5.68. The van der Waals surface area contributed by atoms with Crippen molar-refractivity contribution in [3.05, 3.63) is 0 Å². The Morgan fingerprint density at radius 1 is 1.67 bits per heavy atom. The first-order valence-electron chi connectivity index (χ1n) is 5.02. The zero-order valence-corrected chi connectivity index (χ0v) is 8.71. The second kappa shape index (κ2) is 4.74. The van der Waals surface area contributed by atoms with Crippen molar-refractivity contribution in [1.29, 1.82) is 0 Å². The number of hydrogen-bond donors (Lipinski definition) is 1. The molecule has 1 aliphatic rings. The lowest BCUT2D eigenvalue weighted by atomic mass is 10.2. The van der Waals surface area contributed by atoms with Gasteiger partial charge in [-0.05, 0) is 6.42 Å². The van der Waals surface area contributed by atoms with Crippen LogP contribution in [0.3, 0.4) is 0 Å². The normalized spacial score (nSPS) is 24.3. The lowest BCUT2D eigenvalue weighted by Crippen LogP contribution is -2.38. The van der Waals surface area contributed by atoms with Crippen molar-refractivity contribution in [1.82, 2.24) is 4.90 Å². The number of carbonyl (C=O) groups is 1.